The molecule has 1 saturated heterocycles. The highest BCUT2D eigenvalue weighted by atomic mass is 16.7. The topological polar surface area (TPSA) is 199 Å². The lowest BCUT2D eigenvalue weighted by Gasteiger charge is -2.44. The predicted molar refractivity (Wildman–Crippen MR) is 198 cm³/mol. The van der Waals surface area contributed by atoms with Gasteiger partial charge in [-0.3, -0.25) is 29.0 Å². The summed E-state index contributed by atoms with van der Waals surface area (Å²) in [6, 6.07) is 21.2. The number of anilines is 1. The van der Waals surface area contributed by atoms with Crippen molar-refractivity contribution < 1.29 is 56.8 Å². The van der Waals surface area contributed by atoms with Crippen molar-refractivity contribution in [2.75, 3.05) is 18.7 Å². The summed E-state index contributed by atoms with van der Waals surface area (Å²) >= 11 is 0. The summed E-state index contributed by atoms with van der Waals surface area (Å²) in [7, 11) is 1.55. The molecule has 0 radical (unpaired) electrons. The van der Waals surface area contributed by atoms with Gasteiger partial charge in [-0.25, -0.2) is 4.79 Å². The molecule has 3 heterocycles. The number of amides is 1. The SMILES string of the molecule is COc1ccc2oc(=O)c(C3=NN(c4ccc(C(=O)N[C@H]5C(OC(C)=O)O[C@H](COC(C)=O)[C@@H](OC(C)=O)[C@@H]5OC(C)=O)cc4)C(c4ccccc4)C3)cc2c1. The number of methoxy groups -OCH3 is 1. The van der Waals surface area contributed by atoms with Crippen molar-refractivity contribution in [3.8, 4) is 5.75 Å². The summed E-state index contributed by atoms with van der Waals surface area (Å²) in [6.07, 6.45) is -5.23. The molecule has 2 aliphatic heterocycles. The smallest absolute Gasteiger partial charge is 0.345 e. The van der Waals surface area contributed by atoms with Gasteiger partial charge in [-0.15, -0.1) is 0 Å². The quantitative estimate of drug-likeness (QED) is 0.131. The zero-order valence-corrected chi connectivity index (χ0v) is 31.1. The Morgan fingerprint density at radius 2 is 1.50 bits per heavy atom. The number of nitrogens with zero attached hydrogens (tertiary/aromatic N) is 2. The Hall–Kier alpha value is -6.55. The Kier molecular flexibility index (Phi) is 11.8. The molecule has 2 aliphatic rings. The Labute approximate surface area is 320 Å². The number of hydrazone groups is 1. The molecule has 1 fully saturated rings. The third-order valence-electron chi connectivity index (χ3n) is 9.02. The van der Waals surface area contributed by atoms with Gasteiger partial charge in [0.05, 0.1) is 30.1 Å². The average Bonchev–Trinajstić information content (AvgIpc) is 3.61. The Morgan fingerprint density at radius 3 is 2.14 bits per heavy atom. The minimum Gasteiger partial charge on any atom is -0.497 e. The number of carbonyl (C=O) groups excluding carboxylic acids is 5. The minimum atomic E-state index is -1.55. The fraction of sp³-hybridized carbons (Fsp3) is 0.325. The first-order valence-corrected chi connectivity index (χ1v) is 17.6. The summed E-state index contributed by atoms with van der Waals surface area (Å²) in [5, 5.41) is 10.0. The zero-order valence-electron chi connectivity index (χ0n) is 31.1. The van der Waals surface area contributed by atoms with E-state index in [9.17, 15) is 28.8 Å². The van der Waals surface area contributed by atoms with Gasteiger partial charge in [0.1, 0.15) is 30.1 Å². The molecule has 0 saturated carbocycles. The van der Waals surface area contributed by atoms with Gasteiger partial charge in [0, 0.05) is 45.1 Å². The van der Waals surface area contributed by atoms with Crippen LogP contribution in [0.3, 0.4) is 0 Å². The second-order valence-corrected chi connectivity index (χ2v) is 13.0. The van der Waals surface area contributed by atoms with E-state index in [1.54, 1.807) is 48.5 Å². The van der Waals surface area contributed by atoms with E-state index >= 15 is 0 Å². The summed E-state index contributed by atoms with van der Waals surface area (Å²) in [5.41, 5.74) is 2.33. The fourth-order valence-electron chi connectivity index (χ4n) is 6.60. The monoisotopic (exact) mass is 769 g/mol. The van der Waals surface area contributed by atoms with E-state index in [-0.39, 0.29) is 11.6 Å². The van der Waals surface area contributed by atoms with E-state index in [2.05, 4.69) is 5.32 Å². The number of hydrogen-bond acceptors (Lipinski definition) is 15. The van der Waals surface area contributed by atoms with Crippen molar-refractivity contribution in [2.24, 2.45) is 5.10 Å². The lowest BCUT2D eigenvalue weighted by Crippen LogP contribution is -2.67. The van der Waals surface area contributed by atoms with Gasteiger partial charge in [-0.2, -0.15) is 5.10 Å². The first-order valence-electron chi connectivity index (χ1n) is 17.6. The summed E-state index contributed by atoms with van der Waals surface area (Å²) in [6.45, 7) is 4.04. The Morgan fingerprint density at radius 1 is 0.821 bits per heavy atom. The molecule has 6 atom stereocenters. The van der Waals surface area contributed by atoms with Crippen LogP contribution in [0.4, 0.5) is 5.69 Å². The van der Waals surface area contributed by atoms with E-state index in [0.717, 1.165) is 33.3 Å². The average molecular weight is 770 g/mol. The van der Waals surface area contributed by atoms with Crippen LogP contribution in [0.25, 0.3) is 11.0 Å². The Balaban J connectivity index is 1.30. The van der Waals surface area contributed by atoms with Crippen LogP contribution in [0.5, 0.6) is 5.75 Å². The van der Waals surface area contributed by atoms with Crippen LogP contribution in [0.2, 0.25) is 0 Å². The molecule has 0 bridgehead atoms. The molecule has 6 rings (SSSR count). The van der Waals surface area contributed by atoms with Crippen LogP contribution in [-0.4, -0.2) is 79.9 Å². The highest BCUT2D eigenvalue weighted by molar-refractivity contribution is 6.04. The molecular weight excluding hydrogens is 730 g/mol. The maximum absolute atomic E-state index is 13.8. The van der Waals surface area contributed by atoms with Gasteiger partial charge in [0.15, 0.2) is 12.2 Å². The van der Waals surface area contributed by atoms with Crippen LogP contribution >= 0.6 is 0 Å². The van der Waals surface area contributed by atoms with Crippen molar-refractivity contribution in [2.45, 2.75) is 70.8 Å². The number of fused-ring (bicyclic) bond motifs is 1. The highest BCUT2D eigenvalue weighted by Crippen LogP contribution is 2.37. The largest absolute Gasteiger partial charge is 0.497 e. The van der Waals surface area contributed by atoms with Crippen molar-refractivity contribution in [1.29, 1.82) is 0 Å². The predicted octanol–water partition coefficient (Wildman–Crippen LogP) is 3.97. The Bertz CT molecular complexity index is 2220. The van der Waals surface area contributed by atoms with Gasteiger partial charge in [0.25, 0.3) is 5.91 Å². The molecule has 1 amide bonds. The van der Waals surface area contributed by atoms with Crippen molar-refractivity contribution in [1.82, 2.24) is 5.32 Å². The van der Waals surface area contributed by atoms with E-state index in [1.807, 2.05) is 30.3 Å². The molecule has 0 spiro atoms. The molecule has 292 valence electrons. The van der Waals surface area contributed by atoms with Gasteiger partial charge in [-0.1, -0.05) is 30.3 Å². The highest BCUT2D eigenvalue weighted by Gasteiger charge is 2.52. The van der Waals surface area contributed by atoms with Crippen molar-refractivity contribution >= 4 is 52.2 Å². The third kappa shape index (κ3) is 8.87. The fourth-order valence-corrected chi connectivity index (χ4v) is 6.60. The van der Waals surface area contributed by atoms with E-state index in [1.165, 1.54) is 12.1 Å². The van der Waals surface area contributed by atoms with E-state index < -0.39 is 72.7 Å². The lowest BCUT2D eigenvalue weighted by atomic mass is 9.95. The molecular formula is C40H39N3O13. The number of esters is 4. The number of rotatable bonds is 11. The normalized spacial score (nSPS) is 21.7. The van der Waals surface area contributed by atoms with Crippen LogP contribution in [0.15, 0.2) is 93.2 Å². The zero-order chi connectivity index (χ0) is 40.1. The van der Waals surface area contributed by atoms with Crippen LogP contribution in [-0.2, 0) is 42.9 Å². The van der Waals surface area contributed by atoms with Gasteiger partial charge in [0.2, 0.25) is 6.29 Å². The molecule has 2 unspecified atom stereocenters. The van der Waals surface area contributed by atoms with Gasteiger partial charge in [-0.05, 0) is 54.1 Å². The van der Waals surface area contributed by atoms with E-state index in [4.69, 9.17) is 37.9 Å². The molecule has 16 heteroatoms. The molecule has 16 nitrogen and oxygen atoms in total. The molecule has 1 N–H and O–H groups in total. The van der Waals surface area contributed by atoms with Crippen LogP contribution in [0.1, 0.15) is 61.6 Å². The standard InChI is InChI=1S/C40H39N3O13/c1-21(44)51-20-34-36(52-22(2)45)37(53-23(3)46)35(40(56-34)54-24(4)47)41-38(48)26-11-13-28(14-12-26)43-32(25-9-7-6-8-10-25)19-31(42-43)30-18-27-17-29(50-5)15-16-33(27)55-39(30)49/h6-18,32,34-37,40H,19-20H2,1-5H3,(H,41,48)/t32?,34-,35-,36-,37-,40?/m1/s1. The number of ether oxygens (including phenoxy) is 6. The number of benzene rings is 3. The first kappa shape index (κ1) is 39.2. The third-order valence-corrected chi connectivity index (χ3v) is 9.02. The summed E-state index contributed by atoms with van der Waals surface area (Å²) in [4.78, 5) is 75.2. The van der Waals surface area contributed by atoms with Crippen molar-refractivity contribution in [3.63, 3.8) is 0 Å². The molecule has 56 heavy (non-hydrogen) atoms. The molecule has 4 aromatic rings. The second kappa shape index (κ2) is 16.9. The summed E-state index contributed by atoms with van der Waals surface area (Å²) < 4.78 is 38.3. The number of nitrogens with one attached hydrogen (secondary N) is 1. The number of hydrogen-bond donors (Lipinski definition) is 1. The van der Waals surface area contributed by atoms with Crippen LogP contribution < -0.4 is 20.7 Å². The molecule has 3 aromatic carbocycles. The van der Waals surface area contributed by atoms with Crippen molar-refractivity contribution in [3.05, 3.63) is 106 Å². The second-order valence-electron chi connectivity index (χ2n) is 13.0. The van der Waals surface area contributed by atoms with Gasteiger partial charge >= 0.3 is 29.5 Å². The molecule has 0 aliphatic carbocycles. The minimum absolute atomic E-state index is 0.145. The van der Waals surface area contributed by atoms with Crippen LogP contribution in [0, 0.1) is 0 Å². The lowest BCUT2D eigenvalue weighted by molar-refractivity contribution is -0.270. The number of carbonyl (C=O) groups is 5. The first-order chi connectivity index (χ1) is 26.8. The van der Waals surface area contributed by atoms with E-state index in [0.29, 0.717) is 40.1 Å². The maximum atomic E-state index is 13.8. The maximum Gasteiger partial charge on any atom is 0.345 e. The molecule has 1 aromatic heterocycles. The van der Waals surface area contributed by atoms with Gasteiger partial charge < -0.3 is 38.2 Å². The summed E-state index contributed by atoms with van der Waals surface area (Å²) in [5.74, 6) is -3.13.